The molecule has 0 aliphatic heterocycles. The van der Waals surface area contributed by atoms with E-state index in [4.69, 9.17) is 9.52 Å². The molecule has 0 unspecified atom stereocenters. The van der Waals surface area contributed by atoms with Crippen molar-refractivity contribution < 1.29 is 14.3 Å². The van der Waals surface area contributed by atoms with Crippen LogP contribution in [0.25, 0.3) is 0 Å². The zero-order valence-corrected chi connectivity index (χ0v) is 10.8. The Balaban J connectivity index is 1.88. The van der Waals surface area contributed by atoms with Crippen molar-refractivity contribution in [3.05, 3.63) is 39.7 Å². The van der Waals surface area contributed by atoms with E-state index in [9.17, 15) is 4.79 Å². The van der Waals surface area contributed by atoms with Crippen molar-refractivity contribution in [3.8, 4) is 0 Å². The van der Waals surface area contributed by atoms with Gasteiger partial charge in [0.15, 0.2) is 0 Å². The van der Waals surface area contributed by atoms with E-state index in [1.807, 2.05) is 13.0 Å². The number of oxazole rings is 1. The van der Waals surface area contributed by atoms with E-state index in [1.165, 1.54) is 11.3 Å². The highest BCUT2D eigenvalue weighted by atomic mass is 32.1. The lowest BCUT2D eigenvalue weighted by molar-refractivity contribution is 0.0701. The molecular formula is C12H14N2O3S. The van der Waals surface area contributed by atoms with Gasteiger partial charge in [0.05, 0.1) is 12.7 Å². The number of carbonyl (C=O) groups is 1. The fraction of sp³-hybridized carbons (Fsp3) is 0.333. The Kier molecular flexibility index (Phi) is 4.11. The predicted molar refractivity (Wildman–Crippen MR) is 67.7 cm³/mol. The Morgan fingerprint density at radius 2 is 2.39 bits per heavy atom. The molecule has 2 heterocycles. The molecule has 2 aromatic heterocycles. The molecule has 0 aromatic carbocycles. The maximum Gasteiger partial charge on any atom is 0.346 e. The second-order valence-corrected chi connectivity index (χ2v) is 4.67. The predicted octanol–water partition coefficient (Wildman–Crippen LogP) is 2.29. The smallest absolute Gasteiger partial charge is 0.346 e. The summed E-state index contributed by atoms with van der Waals surface area (Å²) >= 11 is 1.23. The first kappa shape index (κ1) is 12.8. The molecule has 2 rings (SSSR count). The van der Waals surface area contributed by atoms with Crippen LogP contribution in [0.5, 0.6) is 0 Å². The van der Waals surface area contributed by atoms with Gasteiger partial charge in [0.2, 0.25) is 5.89 Å². The van der Waals surface area contributed by atoms with Crippen LogP contribution < -0.4 is 5.32 Å². The fourth-order valence-corrected chi connectivity index (χ4v) is 2.32. The van der Waals surface area contributed by atoms with Gasteiger partial charge in [0.25, 0.3) is 0 Å². The summed E-state index contributed by atoms with van der Waals surface area (Å²) in [7, 11) is 0. The van der Waals surface area contributed by atoms with E-state index in [0.717, 1.165) is 17.7 Å². The highest BCUT2D eigenvalue weighted by Gasteiger charge is 2.11. The standard InChI is InChI=1S/C12H14N2O3S/c1-2-9-6-14-10(17-9)7-13-5-8-3-4-18-11(8)12(15)16/h3-4,6,13H,2,5,7H2,1H3,(H,15,16). The van der Waals surface area contributed by atoms with Crippen LogP contribution in [0.15, 0.2) is 22.1 Å². The van der Waals surface area contributed by atoms with Crippen molar-refractivity contribution in [1.29, 1.82) is 0 Å². The third-order valence-electron chi connectivity index (χ3n) is 2.48. The van der Waals surface area contributed by atoms with E-state index in [0.29, 0.717) is 23.9 Å². The molecule has 0 saturated heterocycles. The zero-order valence-electron chi connectivity index (χ0n) is 9.97. The summed E-state index contributed by atoms with van der Waals surface area (Å²) < 4.78 is 5.44. The molecule has 6 heteroatoms. The molecule has 0 aliphatic carbocycles. The number of hydrogen-bond acceptors (Lipinski definition) is 5. The topological polar surface area (TPSA) is 75.4 Å². The van der Waals surface area contributed by atoms with Gasteiger partial charge in [-0.05, 0) is 17.0 Å². The molecule has 5 nitrogen and oxygen atoms in total. The van der Waals surface area contributed by atoms with Gasteiger partial charge in [0.1, 0.15) is 10.6 Å². The Morgan fingerprint density at radius 1 is 1.56 bits per heavy atom. The van der Waals surface area contributed by atoms with Gasteiger partial charge < -0.3 is 14.8 Å². The Bertz CT molecular complexity index is 533. The molecule has 2 N–H and O–H groups in total. The Morgan fingerprint density at radius 3 is 3.06 bits per heavy atom. The molecule has 0 bridgehead atoms. The number of aromatic carboxylic acids is 1. The molecule has 0 atom stereocenters. The van der Waals surface area contributed by atoms with Crippen LogP contribution in [-0.2, 0) is 19.5 Å². The van der Waals surface area contributed by atoms with Crippen molar-refractivity contribution in [2.75, 3.05) is 0 Å². The summed E-state index contributed by atoms with van der Waals surface area (Å²) in [5.74, 6) is 0.596. The number of nitrogens with zero attached hydrogens (tertiary/aromatic N) is 1. The summed E-state index contributed by atoms with van der Waals surface area (Å²) in [6.45, 7) is 2.99. The lowest BCUT2D eigenvalue weighted by Gasteiger charge is -2.01. The summed E-state index contributed by atoms with van der Waals surface area (Å²) in [5.41, 5.74) is 0.787. The molecule has 0 amide bonds. The van der Waals surface area contributed by atoms with Gasteiger partial charge in [-0.15, -0.1) is 11.3 Å². The summed E-state index contributed by atoms with van der Waals surface area (Å²) in [6.07, 6.45) is 2.53. The Labute approximate surface area is 108 Å². The number of hydrogen-bond donors (Lipinski definition) is 2. The maximum atomic E-state index is 10.9. The Hall–Kier alpha value is -1.66. The van der Waals surface area contributed by atoms with Gasteiger partial charge >= 0.3 is 5.97 Å². The van der Waals surface area contributed by atoms with E-state index in [2.05, 4.69) is 10.3 Å². The SMILES string of the molecule is CCc1cnc(CNCc2ccsc2C(=O)O)o1. The van der Waals surface area contributed by atoms with Crippen LogP contribution >= 0.6 is 11.3 Å². The lowest BCUT2D eigenvalue weighted by Crippen LogP contribution is -2.14. The molecule has 18 heavy (non-hydrogen) atoms. The van der Waals surface area contributed by atoms with Crippen LogP contribution in [-0.4, -0.2) is 16.1 Å². The van der Waals surface area contributed by atoms with Crippen LogP contribution in [0.2, 0.25) is 0 Å². The van der Waals surface area contributed by atoms with E-state index in [-0.39, 0.29) is 0 Å². The molecule has 0 spiro atoms. The number of carboxylic acids is 1. The first-order valence-corrected chi connectivity index (χ1v) is 6.52. The minimum Gasteiger partial charge on any atom is -0.477 e. The lowest BCUT2D eigenvalue weighted by atomic mass is 10.2. The number of carboxylic acid groups (broad SMARTS) is 1. The third kappa shape index (κ3) is 2.96. The minimum atomic E-state index is -0.883. The van der Waals surface area contributed by atoms with Gasteiger partial charge in [-0.3, -0.25) is 0 Å². The monoisotopic (exact) mass is 266 g/mol. The molecule has 0 aliphatic rings. The van der Waals surface area contributed by atoms with Crippen molar-refractivity contribution >= 4 is 17.3 Å². The third-order valence-corrected chi connectivity index (χ3v) is 3.43. The first-order valence-electron chi connectivity index (χ1n) is 5.64. The van der Waals surface area contributed by atoms with Crippen LogP contribution in [0.3, 0.4) is 0 Å². The molecule has 0 saturated carbocycles. The van der Waals surface area contributed by atoms with Gasteiger partial charge in [-0.1, -0.05) is 6.92 Å². The van der Waals surface area contributed by atoms with E-state index in [1.54, 1.807) is 11.6 Å². The highest BCUT2D eigenvalue weighted by molar-refractivity contribution is 7.12. The number of thiophene rings is 1. The van der Waals surface area contributed by atoms with Crippen LogP contribution in [0.4, 0.5) is 0 Å². The molecule has 0 fully saturated rings. The van der Waals surface area contributed by atoms with Crippen LogP contribution in [0.1, 0.15) is 33.8 Å². The van der Waals surface area contributed by atoms with Crippen molar-refractivity contribution in [2.24, 2.45) is 0 Å². The van der Waals surface area contributed by atoms with Gasteiger partial charge in [0, 0.05) is 13.0 Å². The summed E-state index contributed by atoms with van der Waals surface area (Å²) in [6, 6.07) is 1.81. The number of aryl methyl sites for hydroxylation is 1. The number of nitrogens with one attached hydrogen (secondary N) is 1. The number of aromatic nitrogens is 1. The largest absolute Gasteiger partial charge is 0.477 e. The average molecular weight is 266 g/mol. The number of rotatable bonds is 6. The molecule has 0 radical (unpaired) electrons. The van der Waals surface area contributed by atoms with E-state index < -0.39 is 5.97 Å². The van der Waals surface area contributed by atoms with Gasteiger partial charge in [-0.2, -0.15) is 0 Å². The first-order chi connectivity index (χ1) is 8.70. The fourth-order valence-electron chi connectivity index (χ4n) is 1.56. The maximum absolute atomic E-state index is 10.9. The normalized spacial score (nSPS) is 10.7. The second kappa shape index (κ2) is 5.79. The molecule has 96 valence electrons. The van der Waals surface area contributed by atoms with Crippen LogP contribution in [0, 0.1) is 0 Å². The highest BCUT2D eigenvalue weighted by Crippen LogP contribution is 2.16. The van der Waals surface area contributed by atoms with Gasteiger partial charge in [-0.25, -0.2) is 9.78 Å². The van der Waals surface area contributed by atoms with Crippen molar-refractivity contribution in [2.45, 2.75) is 26.4 Å². The summed E-state index contributed by atoms with van der Waals surface area (Å²) in [4.78, 5) is 15.4. The summed E-state index contributed by atoms with van der Waals surface area (Å²) in [5, 5.41) is 13.9. The minimum absolute atomic E-state index is 0.379. The average Bonchev–Trinajstić information content (AvgIpc) is 2.97. The second-order valence-electron chi connectivity index (χ2n) is 3.76. The van der Waals surface area contributed by atoms with E-state index >= 15 is 0 Å². The van der Waals surface area contributed by atoms with Crippen molar-refractivity contribution in [3.63, 3.8) is 0 Å². The zero-order chi connectivity index (χ0) is 13.0. The molecule has 2 aromatic rings. The molecular weight excluding hydrogens is 252 g/mol. The van der Waals surface area contributed by atoms with Crippen molar-refractivity contribution in [1.82, 2.24) is 10.3 Å². The quantitative estimate of drug-likeness (QED) is 0.839.